The highest BCUT2D eigenvalue weighted by molar-refractivity contribution is 5.67. The molecular weight excluding hydrogens is 206 g/mol. The molecule has 0 aliphatic rings. The Kier molecular flexibility index (Phi) is 2.03. The molecule has 0 unspecified atom stereocenters. The van der Waals surface area contributed by atoms with Crippen LogP contribution in [0.5, 0.6) is 5.75 Å². The van der Waals surface area contributed by atoms with Gasteiger partial charge < -0.3 is 15.4 Å². The third-order valence-corrected chi connectivity index (χ3v) is 1.83. The summed E-state index contributed by atoms with van der Waals surface area (Å²) >= 11 is 0. The highest BCUT2D eigenvalue weighted by Crippen LogP contribution is 2.31. The number of nitrogen functional groups attached to an aromatic ring is 1. The number of phenolic OH excluding ortho intramolecular Hbond substituents is 1. The molecule has 15 heavy (non-hydrogen) atoms. The number of aromatic nitrogens is 1. The van der Waals surface area contributed by atoms with Crippen molar-refractivity contribution in [2.75, 3.05) is 5.73 Å². The van der Waals surface area contributed by atoms with E-state index in [0.29, 0.717) is 6.07 Å². The van der Waals surface area contributed by atoms with Gasteiger partial charge in [0, 0.05) is 12.1 Å². The summed E-state index contributed by atoms with van der Waals surface area (Å²) in [5, 5.41) is 12.7. The Morgan fingerprint density at radius 2 is 1.87 bits per heavy atom. The van der Waals surface area contributed by atoms with Crippen molar-refractivity contribution >= 4 is 5.82 Å². The second-order valence-corrected chi connectivity index (χ2v) is 2.90. The third-order valence-electron chi connectivity index (χ3n) is 1.83. The summed E-state index contributed by atoms with van der Waals surface area (Å²) in [6.07, 6.45) is 0. The predicted octanol–water partition coefficient (Wildman–Crippen LogP) is 1.91. The molecule has 78 valence electrons. The lowest BCUT2D eigenvalue weighted by Crippen LogP contribution is -1.86. The van der Waals surface area contributed by atoms with Gasteiger partial charge in [-0.15, -0.1) is 0 Å². The van der Waals surface area contributed by atoms with Crippen molar-refractivity contribution in [2.45, 2.75) is 0 Å². The molecule has 0 saturated carbocycles. The van der Waals surface area contributed by atoms with Crippen LogP contribution in [-0.4, -0.2) is 10.3 Å². The Morgan fingerprint density at radius 1 is 1.20 bits per heavy atom. The molecule has 0 radical (unpaired) electrons. The van der Waals surface area contributed by atoms with Crippen molar-refractivity contribution in [2.24, 2.45) is 0 Å². The van der Waals surface area contributed by atoms with Crippen molar-refractivity contribution in [3.05, 3.63) is 29.8 Å². The van der Waals surface area contributed by atoms with Crippen LogP contribution in [0.3, 0.4) is 0 Å². The molecule has 0 fully saturated rings. The first-order valence-electron chi connectivity index (χ1n) is 3.98. The molecule has 6 heteroatoms. The predicted molar refractivity (Wildman–Crippen MR) is 47.9 cm³/mol. The van der Waals surface area contributed by atoms with Gasteiger partial charge in [0.2, 0.25) is 0 Å². The SMILES string of the molecule is Nc1cc(-c2cc(F)c(F)cc2O)on1. The van der Waals surface area contributed by atoms with E-state index in [-0.39, 0.29) is 17.1 Å². The van der Waals surface area contributed by atoms with Crippen molar-refractivity contribution in [3.8, 4) is 17.1 Å². The molecule has 2 aromatic rings. The largest absolute Gasteiger partial charge is 0.507 e. The second kappa shape index (κ2) is 3.23. The first-order valence-corrected chi connectivity index (χ1v) is 3.98. The monoisotopic (exact) mass is 212 g/mol. The number of halogens is 2. The fourth-order valence-electron chi connectivity index (χ4n) is 1.15. The third kappa shape index (κ3) is 1.61. The van der Waals surface area contributed by atoms with E-state index in [9.17, 15) is 13.9 Å². The van der Waals surface area contributed by atoms with Crippen molar-refractivity contribution < 1.29 is 18.4 Å². The minimum Gasteiger partial charge on any atom is -0.507 e. The zero-order chi connectivity index (χ0) is 11.0. The van der Waals surface area contributed by atoms with Crippen LogP contribution in [0, 0.1) is 11.6 Å². The van der Waals surface area contributed by atoms with Crippen LogP contribution >= 0.6 is 0 Å². The minimum atomic E-state index is -1.14. The molecule has 0 atom stereocenters. The first-order chi connectivity index (χ1) is 7.08. The second-order valence-electron chi connectivity index (χ2n) is 2.90. The summed E-state index contributed by atoms with van der Waals surface area (Å²) in [6.45, 7) is 0. The van der Waals surface area contributed by atoms with Crippen LogP contribution in [0.2, 0.25) is 0 Å². The van der Waals surface area contributed by atoms with E-state index in [2.05, 4.69) is 5.16 Å². The van der Waals surface area contributed by atoms with E-state index in [1.807, 2.05) is 0 Å². The lowest BCUT2D eigenvalue weighted by atomic mass is 10.1. The van der Waals surface area contributed by atoms with Crippen LogP contribution in [0.15, 0.2) is 22.7 Å². The van der Waals surface area contributed by atoms with Crippen molar-refractivity contribution in [3.63, 3.8) is 0 Å². The Balaban J connectivity index is 2.58. The van der Waals surface area contributed by atoms with Crippen LogP contribution in [0.25, 0.3) is 11.3 Å². The zero-order valence-electron chi connectivity index (χ0n) is 7.37. The van der Waals surface area contributed by atoms with Crippen LogP contribution in [0.1, 0.15) is 0 Å². The molecule has 0 saturated heterocycles. The van der Waals surface area contributed by atoms with Gasteiger partial charge in [-0.25, -0.2) is 8.78 Å². The van der Waals surface area contributed by atoms with Gasteiger partial charge in [0.05, 0.1) is 5.56 Å². The Bertz CT molecular complexity index is 511. The van der Waals surface area contributed by atoms with Gasteiger partial charge >= 0.3 is 0 Å². The van der Waals surface area contributed by atoms with Crippen LogP contribution < -0.4 is 5.73 Å². The molecule has 0 bridgehead atoms. The maximum Gasteiger partial charge on any atom is 0.172 e. The smallest absolute Gasteiger partial charge is 0.172 e. The molecule has 1 aromatic carbocycles. The molecule has 0 spiro atoms. The number of nitrogens with two attached hydrogens (primary N) is 1. The summed E-state index contributed by atoms with van der Waals surface area (Å²) < 4.78 is 30.2. The standard InChI is InChI=1S/C9H6F2N2O2/c10-5-1-4(7(14)2-6(5)11)8-3-9(12)13-15-8/h1-3,14H,(H2,12,13). The molecule has 0 aliphatic carbocycles. The Hall–Kier alpha value is -2.11. The van der Waals surface area contributed by atoms with E-state index >= 15 is 0 Å². The average molecular weight is 212 g/mol. The minimum absolute atomic E-state index is 0.00176. The van der Waals surface area contributed by atoms with E-state index in [1.165, 1.54) is 6.07 Å². The number of phenols is 1. The Morgan fingerprint density at radius 3 is 2.47 bits per heavy atom. The van der Waals surface area contributed by atoms with Crippen molar-refractivity contribution in [1.29, 1.82) is 0 Å². The van der Waals surface area contributed by atoms with E-state index in [0.717, 1.165) is 6.07 Å². The van der Waals surface area contributed by atoms with Crippen molar-refractivity contribution in [1.82, 2.24) is 5.16 Å². The lowest BCUT2D eigenvalue weighted by molar-refractivity contribution is 0.425. The van der Waals surface area contributed by atoms with Gasteiger partial charge in [-0.2, -0.15) is 0 Å². The van der Waals surface area contributed by atoms with Gasteiger partial charge in [0.15, 0.2) is 23.2 Å². The number of hydrogen-bond acceptors (Lipinski definition) is 4. The molecule has 3 N–H and O–H groups in total. The number of nitrogens with zero attached hydrogens (tertiary/aromatic N) is 1. The maximum absolute atomic E-state index is 12.9. The highest BCUT2D eigenvalue weighted by atomic mass is 19.2. The van der Waals surface area contributed by atoms with Gasteiger partial charge in [0.25, 0.3) is 0 Å². The molecule has 1 heterocycles. The van der Waals surface area contributed by atoms with E-state index < -0.39 is 17.4 Å². The molecule has 0 aliphatic heterocycles. The maximum atomic E-state index is 12.9. The number of anilines is 1. The number of rotatable bonds is 1. The van der Waals surface area contributed by atoms with Gasteiger partial charge in [-0.1, -0.05) is 5.16 Å². The van der Waals surface area contributed by atoms with Crippen LogP contribution in [-0.2, 0) is 0 Å². The normalized spacial score (nSPS) is 10.5. The zero-order valence-corrected chi connectivity index (χ0v) is 7.37. The summed E-state index contributed by atoms with van der Waals surface area (Å²) in [6, 6.07) is 2.76. The van der Waals surface area contributed by atoms with Crippen LogP contribution in [0.4, 0.5) is 14.6 Å². The van der Waals surface area contributed by atoms with Gasteiger partial charge in [0.1, 0.15) is 5.75 Å². The molecule has 0 amide bonds. The lowest BCUT2D eigenvalue weighted by Gasteiger charge is -2.00. The Labute approximate surface area is 82.9 Å². The summed E-state index contributed by atoms with van der Waals surface area (Å²) in [7, 11) is 0. The topological polar surface area (TPSA) is 72.3 Å². The number of benzene rings is 1. The molecule has 4 nitrogen and oxygen atoms in total. The molecule has 1 aromatic heterocycles. The summed E-state index contributed by atoms with van der Waals surface area (Å²) in [5.74, 6) is -2.50. The van der Waals surface area contributed by atoms with E-state index in [1.54, 1.807) is 0 Å². The van der Waals surface area contributed by atoms with Gasteiger partial charge in [-0.3, -0.25) is 0 Å². The first kappa shape index (κ1) is 9.45. The number of aromatic hydroxyl groups is 1. The summed E-state index contributed by atoms with van der Waals surface area (Å²) in [4.78, 5) is 0. The fraction of sp³-hybridized carbons (Fsp3) is 0. The fourth-order valence-corrected chi connectivity index (χ4v) is 1.15. The molecular formula is C9H6F2N2O2. The van der Waals surface area contributed by atoms with E-state index in [4.69, 9.17) is 10.3 Å². The number of hydrogen-bond donors (Lipinski definition) is 2. The average Bonchev–Trinajstić information content (AvgIpc) is 2.58. The highest BCUT2D eigenvalue weighted by Gasteiger charge is 2.14. The van der Waals surface area contributed by atoms with Gasteiger partial charge in [-0.05, 0) is 6.07 Å². The summed E-state index contributed by atoms with van der Waals surface area (Å²) in [5.41, 5.74) is 5.28. The quantitative estimate of drug-likeness (QED) is 0.757. The molecule has 2 rings (SSSR count).